The summed E-state index contributed by atoms with van der Waals surface area (Å²) in [5, 5.41) is 21.9. The lowest BCUT2D eigenvalue weighted by Gasteiger charge is -2.08. The highest BCUT2D eigenvalue weighted by Crippen LogP contribution is 2.15. The highest BCUT2D eigenvalue weighted by molar-refractivity contribution is 5.95. The molecule has 0 spiro atoms. The van der Waals surface area contributed by atoms with Gasteiger partial charge in [0.2, 0.25) is 0 Å². The number of aromatic carboxylic acids is 2. The fraction of sp³-hybridized carbons (Fsp3) is 0. The summed E-state index contributed by atoms with van der Waals surface area (Å²) in [5.74, 6) is -2.56. The highest BCUT2D eigenvalue weighted by atomic mass is 16.4. The molecule has 2 aromatic rings. The van der Waals surface area contributed by atoms with Gasteiger partial charge in [0.25, 0.3) is 0 Å². The number of hydrogen-bond donors (Lipinski definition) is 0. The molecule has 0 saturated heterocycles. The van der Waals surface area contributed by atoms with Crippen molar-refractivity contribution in [2.45, 2.75) is 0 Å². The predicted octanol–water partition coefficient (Wildman–Crippen LogP) is 0.584. The third-order valence-electron chi connectivity index (χ3n) is 2.80. The number of carboxylic acids is 2. The molecule has 0 aromatic heterocycles. The molecule has 0 N–H and O–H groups in total. The Kier molecular flexibility index (Phi) is 3.96. The molecule has 0 aliphatic carbocycles. The molecular formula is C16H10O4-2. The standard InChI is InChI=1S/C16H12O4/c17-15(18)13-7-3-1-5-11(13)9-10-12-6-2-4-8-14(12)16(19)20/h1-10H,(H,17,18)(H,19,20)/p-2/b10-9+. The molecule has 0 heterocycles. The van der Waals surface area contributed by atoms with E-state index >= 15 is 0 Å². The van der Waals surface area contributed by atoms with E-state index in [2.05, 4.69) is 0 Å². The van der Waals surface area contributed by atoms with Gasteiger partial charge in [0.15, 0.2) is 0 Å². The zero-order valence-corrected chi connectivity index (χ0v) is 10.4. The van der Waals surface area contributed by atoms with E-state index in [9.17, 15) is 19.8 Å². The van der Waals surface area contributed by atoms with Gasteiger partial charge in [-0.2, -0.15) is 0 Å². The average molecular weight is 266 g/mol. The van der Waals surface area contributed by atoms with Crippen LogP contribution >= 0.6 is 0 Å². The molecule has 4 heteroatoms. The molecule has 100 valence electrons. The van der Waals surface area contributed by atoms with E-state index < -0.39 is 11.9 Å². The van der Waals surface area contributed by atoms with Gasteiger partial charge in [-0.05, 0) is 11.1 Å². The lowest BCUT2D eigenvalue weighted by molar-refractivity contribution is -0.256. The summed E-state index contributed by atoms with van der Waals surface area (Å²) in [6.07, 6.45) is 3.07. The summed E-state index contributed by atoms with van der Waals surface area (Å²) in [7, 11) is 0. The Balaban J connectivity index is 2.40. The van der Waals surface area contributed by atoms with Gasteiger partial charge in [-0.25, -0.2) is 0 Å². The van der Waals surface area contributed by atoms with Crippen molar-refractivity contribution >= 4 is 24.1 Å². The van der Waals surface area contributed by atoms with Crippen molar-refractivity contribution in [3.05, 3.63) is 70.8 Å². The number of carbonyl (C=O) groups is 2. The molecule has 2 rings (SSSR count). The minimum absolute atomic E-state index is 0.0506. The number of carbonyl (C=O) groups excluding carboxylic acids is 2. The van der Waals surface area contributed by atoms with Gasteiger partial charge in [-0.15, -0.1) is 0 Å². The van der Waals surface area contributed by atoms with E-state index in [1.165, 1.54) is 24.3 Å². The van der Waals surface area contributed by atoms with Crippen LogP contribution in [-0.2, 0) is 0 Å². The molecule has 4 nitrogen and oxygen atoms in total. The van der Waals surface area contributed by atoms with Crippen LogP contribution < -0.4 is 10.2 Å². The van der Waals surface area contributed by atoms with Gasteiger partial charge in [-0.3, -0.25) is 0 Å². The van der Waals surface area contributed by atoms with Crippen molar-refractivity contribution in [2.75, 3.05) is 0 Å². The van der Waals surface area contributed by atoms with E-state index in [-0.39, 0.29) is 11.1 Å². The summed E-state index contributed by atoms with van der Waals surface area (Å²) in [4.78, 5) is 21.9. The van der Waals surface area contributed by atoms with Crippen LogP contribution in [0.5, 0.6) is 0 Å². The minimum Gasteiger partial charge on any atom is -0.545 e. The van der Waals surface area contributed by atoms with Crippen LogP contribution in [0.2, 0.25) is 0 Å². The molecule has 0 unspecified atom stereocenters. The van der Waals surface area contributed by atoms with E-state index in [1.807, 2.05) is 0 Å². The Hall–Kier alpha value is -2.88. The second kappa shape index (κ2) is 5.84. The first-order valence-corrected chi connectivity index (χ1v) is 5.88. The van der Waals surface area contributed by atoms with Gasteiger partial charge in [0.05, 0.1) is 11.9 Å². The molecule has 0 bridgehead atoms. The summed E-state index contributed by atoms with van der Waals surface area (Å²) in [6.45, 7) is 0. The van der Waals surface area contributed by atoms with Crippen molar-refractivity contribution in [3.63, 3.8) is 0 Å². The Labute approximate surface area is 115 Å². The molecule has 0 amide bonds. The zero-order valence-electron chi connectivity index (χ0n) is 10.4. The van der Waals surface area contributed by atoms with E-state index in [4.69, 9.17) is 0 Å². The normalized spacial score (nSPS) is 10.6. The summed E-state index contributed by atoms with van der Waals surface area (Å²) in [6, 6.07) is 12.7. The number of benzene rings is 2. The molecule has 0 saturated carbocycles. The Morgan fingerprint density at radius 3 is 1.40 bits per heavy atom. The van der Waals surface area contributed by atoms with Crippen molar-refractivity contribution in [1.29, 1.82) is 0 Å². The van der Waals surface area contributed by atoms with Crippen molar-refractivity contribution in [2.24, 2.45) is 0 Å². The summed E-state index contributed by atoms with van der Waals surface area (Å²) in [5.41, 5.74) is 0.991. The van der Waals surface area contributed by atoms with Crippen molar-refractivity contribution in [1.82, 2.24) is 0 Å². The zero-order chi connectivity index (χ0) is 14.5. The van der Waals surface area contributed by atoms with E-state index in [0.717, 1.165) is 0 Å². The first kappa shape index (κ1) is 13.5. The third-order valence-corrected chi connectivity index (χ3v) is 2.80. The molecular weight excluding hydrogens is 256 g/mol. The molecule has 0 fully saturated rings. The molecule has 20 heavy (non-hydrogen) atoms. The number of hydrogen-bond acceptors (Lipinski definition) is 4. The first-order chi connectivity index (χ1) is 9.59. The Morgan fingerprint density at radius 1 is 0.700 bits per heavy atom. The monoisotopic (exact) mass is 266 g/mol. The maximum Gasteiger partial charge on any atom is 0.0721 e. The largest absolute Gasteiger partial charge is 0.545 e. The van der Waals surface area contributed by atoms with Crippen molar-refractivity contribution in [3.8, 4) is 0 Å². The summed E-state index contributed by atoms with van der Waals surface area (Å²) >= 11 is 0. The van der Waals surface area contributed by atoms with Crippen LogP contribution in [0.15, 0.2) is 48.5 Å². The van der Waals surface area contributed by atoms with Gasteiger partial charge in [0.1, 0.15) is 0 Å². The van der Waals surface area contributed by atoms with E-state index in [0.29, 0.717) is 11.1 Å². The Bertz CT molecular complexity index is 627. The molecule has 0 atom stereocenters. The summed E-state index contributed by atoms with van der Waals surface area (Å²) < 4.78 is 0. The van der Waals surface area contributed by atoms with Gasteiger partial charge in [-0.1, -0.05) is 60.7 Å². The SMILES string of the molecule is O=C([O-])c1ccccc1/C=C/c1ccccc1C(=O)[O-]. The second-order valence-corrected chi connectivity index (χ2v) is 4.08. The third kappa shape index (κ3) is 2.92. The predicted molar refractivity (Wildman–Crippen MR) is 70.5 cm³/mol. The van der Waals surface area contributed by atoms with Crippen LogP contribution in [0.1, 0.15) is 31.8 Å². The van der Waals surface area contributed by atoms with Crippen LogP contribution in [0, 0.1) is 0 Å². The topological polar surface area (TPSA) is 80.3 Å². The average Bonchev–Trinajstić information content (AvgIpc) is 2.45. The fourth-order valence-electron chi connectivity index (χ4n) is 1.84. The first-order valence-electron chi connectivity index (χ1n) is 5.88. The molecule has 0 aliphatic heterocycles. The number of rotatable bonds is 4. The van der Waals surface area contributed by atoms with Crippen molar-refractivity contribution < 1.29 is 19.8 Å². The van der Waals surface area contributed by atoms with Crippen LogP contribution in [0.25, 0.3) is 12.2 Å². The highest BCUT2D eigenvalue weighted by Gasteiger charge is 2.01. The van der Waals surface area contributed by atoms with E-state index in [1.54, 1.807) is 36.4 Å². The maximum atomic E-state index is 11.0. The lowest BCUT2D eigenvalue weighted by Crippen LogP contribution is -2.23. The number of carboxylic acid groups (broad SMARTS) is 2. The lowest BCUT2D eigenvalue weighted by atomic mass is 10.0. The van der Waals surface area contributed by atoms with Gasteiger partial charge >= 0.3 is 0 Å². The smallest absolute Gasteiger partial charge is 0.0721 e. The van der Waals surface area contributed by atoms with Gasteiger partial charge < -0.3 is 19.8 Å². The van der Waals surface area contributed by atoms with Crippen LogP contribution in [-0.4, -0.2) is 11.9 Å². The minimum atomic E-state index is -1.28. The fourth-order valence-corrected chi connectivity index (χ4v) is 1.84. The Morgan fingerprint density at radius 2 is 1.05 bits per heavy atom. The quantitative estimate of drug-likeness (QED) is 0.758. The second-order valence-electron chi connectivity index (χ2n) is 4.08. The van der Waals surface area contributed by atoms with Gasteiger partial charge in [0, 0.05) is 11.1 Å². The molecule has 2 aromatic carbocycles. The van der Waals surface area contributed by atoms with Crippen LogP contribution in [0.3, 0.4) is 0 Å². The maximum absolute atomic E-state index is 11.0. The molecule has 0 aliphatic rings. The molecule has 0 radical (unpaired) electrons. The van der Waals surface area contributed by atoms with Crippen LogP contribution in [0.4, 0.5) is 0 Å².